The van der Waals surface area contributed by atoms with Gasteiger partial charge in [-0.05, 0) is 44.0 Å². The molecule has 1 saturated heterocycles. The van der Waals surface area contributed by atoms with E-state index in [1.807, 2.05) is 11.8 Å². The van der Waals surface area contributed by atoms with E-state index in [0.717, 1.165) is 31.7 Å². The van der Waals surface area contributed by atoms with E-state index in [9.17, 15) is 9.59 Å². The van der Waals surface area contributed by atoms with Crippen LogP contribution in [0.4, 0.5) is 23.3 Å². The molecule has 0 saturated carbocycles. The molecule has 0 aliphatic carbocycles. The fourth-order valence-corrected chi connectivity index (χ4v) is 3.70. The molecule has 0 spiro atoms. The summed E-state index contributed by atoms with van der Waals surface area (Å²) in [4.78, 5) is 36.1. The van der Waals surface area contributed by atoms with E-state index in [0.29, 0.717) is 29.6 Å². The SMILES string of the molecule is CCOc1ccc(NC(=O)C2CC(=O)Nc3nc(N4CCCC4)nc(N)c32)cc1. The summed E-state index contributed by atoms with van der Waals surface area (Å²) in [5, 5.41) is 5.58. The van der Waals surface area contributed by atoms with Gasteiger partial charge in [-0.3, -0.25) is 9.59 Å². The summed E-state index contributed by atoms with van der Waals surface area (Å²) < 4.78 is 5.41. The lowest BCUT2D eigenvalue weighted by Crippen LogP contribution is -2.33. The second-order valence-corrected chi connectivity index (χ2v) is 7.12. The number of nitrogen functional groups attached to an aromatic ring is 1. The molecule has 2 aliphatic rings. The van der Waals surface area contributed by atoms with Crippen molar-refractivity contribution in [2.45, 2.75) is 32.1 Å². The van der Waals surface area contributed by atoms with Crippen molar-refractivity contribution in [3.63, 3.8) is 0 Å². The number of hydrogen-bond donors (Lipinski definition) is 3. The molecule has 9 heteroatoms. The van der Waals surface area contributed by atoms with Gasteiger partial charge in [-0.1, -0.05) is 0 Å². The van der Waals surface area contributed by atoms with Gasteiger partial charge >= 0.3 is 0 Å². The van der Waals surface area contributed by atoms with Gasteiger partial charge in [0.1, 0.15) is 17.4 Å². The van der Waals surface area contributed by atoms with E-state index in [1.165, 1.54) is 0 Å². The molecule has 4 rings (SSSR count). The third-order valence-electron chi connectivity index (χ3n) is 5.10. The number of fused-ring (bicyclic) bond motifs is 1. The second kappa shape index (κ2) is 7.94. The number of carbonyl (C=O) groups is 2. The molecule has 0 radical (unpaired) electrons. The van der Waals surface area contributed by atoms with Gasteiger partial charge in [-0.2, -0.15) is 9.97 Å². The molecule has 29 heavy (non-hydrogen) atoms. The summed E-state index contributed by atoms with van der Waals surface area (Å²) in [6.07, 6.45) is 2.13. The van der Waals surface area contributed by atoms with E-state index in [-0.39, 0.29) is 24.1 Å². The summed E-state index contributed by atoms with van der Waals surface area (Å²) in [6.45, 7) is 4.18. The van der Waals surface area contributed by atoms with Crippen molar-refractivity contribution in [1.29, 1.82) is 0 Å². The van der Waals surface area contributed by atoms with Crippen molar-refractivity contribution in [3.05, 3.63) is 29.8 Å². The van der Waals surface area contributed by atoms with E-state index < -0.39 is 5.92 Å². The molecule has 9 nitrogen and oxygen atoms in total. The summed E-state index contributed by atoms with van der Waals surface area (Å²) in [5.41, 5.74) is 7.28. The first-order chi connectivity index (χ1) is 14.0. The minimum atomic E-state index is -0.752. The lowest BCUT2D eigenvalue weighted by Gasteiger charge is -2.26. The minimum Gasteiger partial charge on any atom is -0.494 e. The number of amides is 2. The summed E-state index contributed by atoms with van der Waals surface area (Å²) in [5.74, 6) is 0.417. The molecule has 2 aromatic rings. The van der Waals surface area contributed by atoms with Crippen LogP contribution in [0.3, 0.4) is 0 Å². The first kappa shape index (κ1) is 19.0. The van der Waals surface area contributed by atoms with Gasteiger partial charge in [0, 0.05) is 25.2 Å². The van der Waals surface area contributed by atoms with Gasteiger partial charge < -0.3 is 26.0 Å². The number of ether oxygens (including phenoxy) is 1. The molecule has 2 amide bonds. The van der Waals surface area contributed by atoms with Crippen LogP contribution in [0.15, 0.2) is 24.3 Å². The molecule has 2 aliphatic heterocycles. The third kappa shape index (κ3) is 3.94. The number of carbonyl (C=O) groups excluding carboxylic acids is 2. The zero-order valence-electron chi connectivity index (χ0n) is 16.3. The van der Waals surface area contributed by atoms with Crippen LogP contribution in [0.5, 0.6) is 5.75 Å². The van der Waals surface area contributed by atoms with Crippen LogP contribution in [0.2, 0.25) is 0 Å². The number of rotatable bonds is 5. The first-order valence-corrected chi connectivity index (χ1v) is 9.81. The summed E-state index contributed by atoms with van der Waals surface area (Å²) in [7, 11) is 0. The van der Waals surface area contributed by atoms with Gasteiger partial charge in [0.05, 0.1) is 18.1 Å². The maximum atomic E-state index is 12.9. The number of nitrogens with two attached hydrogens (primary N) is 1. The Bertz CT molecular complexity index is 925. The topological polar surface area (TPSA) is 122 Å². The molecular formula is C20H24N6O3. The van der Waals surface area contributed by atoms with Crippen molar-refractivity contribution in [2.24, 2.45) is 0 Å². The van der Waals surface area contributed by atoms with E-state index in [2.05, 4.69) is 20.6 Å². The maximum absolute atomic E-state index is 12.9. The highest BCUT2D eigenvalue weighted by Gasteiger charge is 2.35. The lowest BCUT2D eigenvalue weighted by atomic mass is 9.92. The predicted molar refractivity (Wildman–Crippen MR) is 110 cm³/mol. The van der Waals surface area contributed by atoms with Gasteiger partial charge in [-0.15, -0.1) is 0 Å². The van der Waals surface area contributed by atoms with Gasteiger partial charge in [0.15, 0.2) is 0 Å². The molecule has 0 bridgehead atoms. The number of aromatic nitrogens is 2. The van der Waals surface area contributed by atoms with Gasteiger partial charge in [0.25, 0.3) is 0 Å². The highest BCUT2D eigenvalue weighted by atomic mass is 16.5. The van der Waals surface area contributed by atoms with Crippen LogP contribution in [-0.2, 0) is 9.59 Å². The molecule has 152 valence electrons. The van der Waals surface area contributed by atoms with Gasteiger partial charge in [0.2, 0.25) is 17.8 Å². The summed E-state index contributed by atoms with van der Waals surface area (Å²) >= 11 is 0. The molecule has 1 atom stereocenters. The van der Waals surface area contributed by atoms with Crippen LogP contribution < -0.4 is 26.0 Å². The minimum absolute atomic E-state index is 0.00746. The smallest absolute Gasteiger partial charge is 0.232 e. The standard InChI is InChI=1S/C20H24N6O3/c1-2-29-13-7-5-12(6-8-13)22-19(28)14-11-15(27)23-18-16(14)17(21)24-20(25-18)26-9-3-4-10-26/h5-8,14H,2-4,9-11H2,1H3,(H,22,28)(H3,21,23,24,25,27). The van der Waals surface area contributed by atoms with Crippen molar-refractivity contribution in [2.75, 3.05) is 41.0 Å². The molecule has 4 N–H and O–H groups in total. The van der Waals surface area contributed by atoms with Crippen LogP contribution in [0.25, 0.3) is 0 Å². The molecule has 3 heterocycles. The highest BCUT2D eigenvalue weighted by Crippen LogP contribution is 2.37. The second-order valence-electron chi connectivity index (χ2n) is 7.12. The maximum Gasteiger partial charge on any atom is 0.232 e. The molecule has 1 aromatic carbocycles. The Morgan fingerprint density at radius 1 is 1.28 bits per heavy atom. The van der Waals surface area contributed by atoms with Gasteiger partial charge in [-0.25, -0.2) is 0 Å². The quantitative estimate of drug-likeness (QED) is 0.707. The average molecular weight is 396 g/mol. The fraction of sp³-hybridized carbons (Fsp3) is 0.400. The Labute approximate surface area is 168 Å². The number of hydrogen-bond acceptors (Lipinski definition) is 7. The number of anilines is 4. The van der Waals surface area contributed by atoms with Crippen LogP contribution in [0, 0.1) is 0 Å². The van der Waals surface area contributed by atoms with E-state index in [4.69, 9.17) is 10.5 Å². The Hall–Kier alpha value is -3.36. The Morgan fingerprint density at radius 3 is 2.69 bits per heavy atom. The monoisotopic (exact) mass is 396 g/mol. The molecule has 1 fully saturated rings. The van der Waals surface area contributed by atoms with Crippen molar-refractivity contribution < 1.29 is 14.3 Å². The van der Waals surface area contributed by atoms with E-state index in [1.54, 1.807) is 24.3 Å². The van der Waals surface area contributed by atoms with Crippen molar-refractivity contribution >= 4 is 35.1 Å². The Balaban J connectivity index is 1.58. The Kier molecular flexibility index (Phi) is 5.20. The Morgan fingerprint density at radius 2 is 2.00 bits per heavy atom. The zero-order chi connectivity index (χ0) is 20.4. The number of benzene rings is 1. The van der Waals surface area contributed by atoms with Crippen LogP contribution in [-0.4, -0.2) is 41.5 Å². The molecule has 1 unspecified atom stereocenters. The third-order valence-corrected chi connectivity index (χ3v) is 5.10. The van der Waals surface area contributed by atoms with Crippen LogP contribution in [0.1, 0.15) is 37.7 Å². The molecule has 1 aromatic heterocycles. The number of nitrogens with zero attached hydrogens (tertiary/aromatic N) is 3. The van der Waals surface area contributed by atoms with E-state index >= 15 is 0 Å². The average Bonchev–Trinajstić information content (AvgIpc) is 3.23. The van der Waals surface area contributed by atoms with Crippen LogP contribution >= 0.6 is 0 Å². The first-order valence-electron chi connectivity index (χ1n) is 9.81. The predicted octanol–water partition coefficient (Wildman–Crippen LogP) is 2.12. The molecular weight excluding hydrogens is 372 g/mol. The zero-order valence-corrected chi connectivity index (χ0v) is 16.3. The largest absolute Gasteiger partial charge is 0.494 e. The fourth-order valence-electron chi connectivity index (χ4n) is 3.70. The number of nitrogens with one attached hydrogen (secondary N) is 2. The van der Waals surface area contributed by atoms with Crippen molar-refractivity contribution in [1.82, 2.24) is 9.97 Å². The van der Waals surface area contributed by atoms with Crippen molar-refractivity contribution in [3.8, 4) is 5.75 Å². The highest BCUT2D eigenvalue weighted by molar-refractivity contribution is 6.05. The lowest BCUT2D eigenvalue weighted by molar-refractivity contribution is -0.123. The normalized spacial score (nSPS) is 18.2. The summed E-state index contributed by atoms with van der Waals surface area (Å²) in [6, 6.07) is 7.06.